The maximum atomic E-state index is 12.5. The van der Waals surface area contributed by atoms with Gasteiger partial charge in [-0.25, -0.2) is 4.39 Å². The second-order valence-corrected chi connectivity index (χ2v) is 5.13. The highest BCUT2D eigenvalue weighted by molar-refractivity contribution is 7.51. The summed E-state index contributed by atoms with van der Waals surface area (Å²) in [6.45, 7) is 0. The number of hydrogen-bond acceptors (Lipinski definition) is 2. The fraction of sp³-hybridized carbons (Fsp3) is 0.333. The van der Waals surface area contributed by atoms with E-state index >= 15 is 0 Å². The first kappa shape index (κ1) is 12.3. The van der Waals surface area contributed by atoms with Crippen molar-refractivity contribution in [3.05, 3.63) is 35.6 Å². The Balaban J connectivity index is 2.55. The number of rotatable bonds is 4. The number of nitrogens with two attached hydrogens (primary N) is 1. The van der Waals surface area contributed by atoms with Crippen molar-refractivity contribution in [2.45, 2.75) is 12.5 Å². The lowest BCUT2D eigenvalue weighted by molar-refractivity contribution is 0.368. The predicted octanol–water partition coefficient (Wildman–Crippen LogP) is 0.873. The lowest BCUT2D eigenvalue weighted by Gasteiger charge is -2.12. The Bertz CT molecular complexity index is 362. The summed E-state index contributed by atoms with van der Waals surface area (Å²) in [5, 5.41) is 0. The van der Waals surface area contributed by atoms with Crippen LogP contribution in [0.2, 0.25) is 0 Å². The minimum absolute atomic E-state index is 0.325. The largest absolute Gasteiger partial charge is 0.327 e. The fourth-order valence-electron chi connectivity index (χ4n) is 1.29. The molecule has 6 heteroatoms. The second kappa shape index (κ2) is 4.86. The van der Waals surface area contributed by atoms with E-state index in [1.807, 2.05) is 0 Å². The maximum absolute atomic E-state index is 12.5. The molecule has 0 bridgehead atoms. The number of halogens is 1. The second-order valence-electron chi connectivity index (χ2n) is 3.44. The highest BCUT2D eigenvalue weighted by atomic mass is 31.2. The van der Waals surface area contributed by atoms with Gasteiger partial charge in [-0.15, -0.1) is 0 Å². The quantitative estimate of drug-likeness (QED) is 0.674. The van der Waals surface area contributed by atoms with Gasteiger partial charge in [0.05, 0.1) is 6.16 Å². The van der Waals surface area contributed by atoms with Gasteiger partial charge in [0.15, 0.2) is 0 Å². The fourth-order valence-corrected chi connectivity index (χ4v) is 2.03. The normalized spacial score (nSPS) is 13.9. The van der Waals surface area contributed by atoms with Gasteiger partial charge in [-0.05, 0) is 24.1 Å². The molecular formula is C9H13FNO3P. The van der Waals surface area contributed by atoms with E-state index in [2.05, 4.69) is 0 Å². The molecule has 1 atom stereocenters. The first-order chi connectivity index (χ1) is 6.87. The summed E-state index contributed by atoms with van der Waals surface area (Å²) in [6, 6.07) is 5.07. The Morgan fingerprint density at radius 1 is 1.33 bits per heavy atom. The van der Waals surface area contributed by atoms with Crippen molar-refractivity contribution >= 4 is 7.60 Å². The standard InChI is InChI=1S/C9H13FNO3P/c10-8-3-1-7(2-4-8)5-9(11)6-15(12,13)14/h1-4,9H,5-6,11H2,(H2,12,13,14). The molecule has 0 spiro atoms. The van der Waals surface area contributed by atoms with Crippen LogP contribution in [0.5, 0.6) is 0 Å². The lowest BCUT2D eigenvalue weighted by Crippen LogP contribution is -2.27. The topological polar surface area (TPSA) is 83.6 Å². The van der Waals surface area contributed by atoms with Gasteiger partial charge in [-0.3, -0.25) is 4.57 Å². The van der Waals surface area contributed by atoms with E-state index in [1.165, 1.54) is 12.1 Å². The summed E-state index contributed by atoms with van der Waals surface area (Å²) in [5.74, 6) is -0.345. The van der Waals surface area contributed by atoms with E-state index in [-0.39, 0.29) is 12.0 Å². The molecule has 4 nitrogen and oxygen atoms in total. The third-order valence-corrected chi connectivity index (χ3v) is 2.83. The van der Waals surface area contributed by atoms with Crippen LogP contribution >= 0.6 is 7.60 Å². The molecule has 1 aromatic rings. The first-order valence-electron chi connectivity index (χ1n) is 4.41. The van der Waals surface area contributed by atoms with Gasteiger partial charge in [0, 0.05) is 6.04 Å². The molecule has 1 unspecified atom stereocenters. The molecule has 15 heavy (non-hydrogen) atoms. The Labute approximate surface area is 87.1 Å². The summed E-state index contributed by atoms with van der Waals surface area (Å²) in [7, 11) is -4.07. The van der Waals surface area contributed by atoms with Crippen LogP contribution < -0.4 is 5.73 Å². The van der Waals surface area contributed by atoms with Crippen molar-refractivity contribution in [3.63, 3.8) is 0 Å². The average molecular weight is 233 g/mol. The molecule has 0 aliphatic carbocycles. The van der Waals surface area contributed by atoms with Crippen molar-refractivity contribution in [1.29, 1.82) is 0 Å². The van der Waals surface area contributed by atoms with E-state index in [0.717, 1.165) is 5.56 Å². The van der Waals surface area contributed by atoms with Crippen LogP contribution in [-0.4, -0.2) is 22.0 Å². The Morgan fingerprint density at radius 2 is 1.87 bits per heavy atom. The van der Waals surface area contributed by atoms with Crippen LogP contribution in [0.15, 0.2) is 24.3 Å². The predicted molar refractivity (Wildman–Crippen MR) is 55.0 cm³/mol. The van der Waals surface area contributed by atoms with Gasteiger partial charge in [0.25, 0.3) is 0 Å². The SMILES string of the molecule is NC(Cc1ccc(F)cc1)CP(=O)(O)O. The molecule has 0 radical (unpaired) electrons. The van der Waals surface area contributed by atoms with Crippen molar-refractivity contribution in [2.75, 3.05) is 6.16 Å². The van der Waals surface area contributed by atoms with Crippen LogP contribution in [0, 0.1) is 5.82 Å². The number of benzene rings is 1. The van der Waals surface area contributed by atoms with E-state index in [4.69, 9.17) is 15.5 Å². The smallest absolute Gasteiger partial charge is 0.327 e. The van der Waals surface area contributed by atoms with Crippen molar-refractivity contribution < 1.29 is 18.7 Å². The first-order valence-corrected chi connectivity index (χ1v) is 6.21. The van der Waals surface area contributed by atoms with Crippen molar-refractivity contribution in [3.8, 4) is 0 Å². The molecular weight excluding hydrogens is 220 g/mol. The lowest BCUT2D eigenvalue weighted by atomic mass is 10.1. The van der Waals surface area contributed by atoms with Gasteiger partial charge in [-0.2, -0.15) is 0 Å². The molecule has 0 aliphatic heterocycles. The zero-order chi connectivity index (χ0) is 11.5. The van der Waals surface area contributed by atoms with Gasteiger partial charge < -0.3 is 15.5 Å². The summed E-state index contributed by atoms with van der Waals surface area (Å²) in [5.41, 5.74) is 6.31. The Hall–Kier alpha value is -0.740. The summed E-state index contributed by atoms with van der Waals surface area (Å²) in [4.78, 5) is 17.4. The van der Waals surface area contributed by atoms with Gasteiger partial charge in [-0.1, -0.05) is 12.1 Å². The highest BCUT2D eigenvalue weighted by Crippen LogP contribution is 2.34. The summed E-state index contributed by atoms with van der Waals surface area (Å²) >= 11 is 0. The van der Waals surface area contributed by atoms with Gasteiger partial charge >= 0.3 is 7.60 Å². The molecule has 0 aliphatic rings. The molecule has 0 heterocycles. The zero-order valence-corrected chi connectivity index (χ0v) is 8.90. The van der Waals surface area contributed by atoms with Gasteiger partial charge in [0.1, 0.15) is 5.82 Å². The molecule has 0 amide bonds. The van der Waals surface area contributed by atoms with Crippen LogP contribution in [0.3, 0.4) is 0 Å². The van der Waals surface area contributed by atoms with E-state index in [9.17, 15) is 8.96 Å². The van der Waals surface area contributed by atoms with E-state index < -0.39 is 13.6 Å². The molecule has 0 aromatic heterocycles. The molecule has 1 rings (SSSR count). The molecule has 0 fully saturated rings. The minimum Gasteiger partial charge on any atom is -0.327 e. The summed E-state index contributed by atoms with van der Waals surface area (Å²) < 4.78 is 23.2. The average Bonchev–Trinajstić information content (AvgIpc) is 2.05. The molecule has 0 saturated heterocycles. The van der Waals surface area contributed by atoms with Crippen LogP contribution in [-0.2, 0) is 11.0 Å². The van der Waals surface area contributed by atoms with Crippen LogP contribution in [0.4, 0.5) is 4.39 Å². The summed E-state index contributed by atoms with van der Waals surface area (Å²) in [6.07, 6.45) is -0.0320. The Kier molecular flexibility index (Phi) is 3.99. The van der Waals surface area contributed by atoms with Crippen molar-refractivity contribution in [1.82, 2.24) is 0 Å². The van der Waals surface area contributed by atoms with Crippen molar-refractivity contribution in [2.24, 2.45) is 5.73 Å². The molecule has 0 saturated carbocycles. The van der Waals surface area contributed by atoms with Crippen LogP contribution in [0.1, 0.15) is 5.56 Å². The monoisotopic (exact) mass is 233 g/mol. The van der Waals surface area contributed by atoms with Crippen LogP contribution in [0.25, 0.3) is 0 Å². The molecule has 84 valence electrons. The third kappa shape index (κ3) is 5.04. The third-order valence-electron chi connectivity index (χ3n) is 1.88. The maximum Gasteiger partial charge on any atom is 0.327 e. The highest BCUT2D eigenvalue weighted by Gasteiger charge is 2.18. The Morgan fingerprint density at radius 3 is 2.33 bits per heavy atom. The zero-order valence-electron chi connectivity index (χ0n) is 8.01. The number of hydrogen-bond donors (Lipinski definition) is 3. The van der Waals surface area contributed by atoms with E-state index in [1.54, 1.807) is 12.1 Å². The van der Waals surface area contributed by atoms with Gasteiger partial charge in [0.2, 0.25) is 0 Å². The molecule has 4 N–H and O–H groups in total. The van der Waals surface area contributed by atoms with E-state index in [0.29, 0.717) is 6.42 Å². The minimum atomic E-state index is -4.07. The molecule has 1 aromatic carbocycles.